The molecule has 0 aromatic heterocycles. The Balaban J connectivity index is 3.21. The smallest absolute Gasteiger partial charge is 0.183 e. The van der Waals surface area contributed by atoms with Crippen LogP contribution in [0.4, 0.5) is 5.69 Å². The summed E-state index contributed by atoms with van der Waals surface area (Å²) in [5.41, 5.74) is 1.01. The first-order chi connectivity index (χ1) is 9.12. The average molecular weight is 361 g/mol. The van der Waals surface area contributed by atoms with Gasteiger partial charge in [-0.2, -0.15) is 5.26 Å². The Kier molecular flexibility index (Phi) is 6.92. The fraction of sp³-hybridized carbons (Fsp3) is 0.250. The highest BCUT2D eigenvalue weighted by Gasteiger charge is 2.12. The van der Waals surface area contributed by atoms with Gasteiger partial charge >= 0.3 is 0 Å². The van der Waals surface area contributed by atoms with Crippen LogP contribution in [0, 0.1) is 11.5 Å². The summed E-state index contributed by atoms with van der Waals surface area (Å²) in [5, 5.41) is 11.5. The minimum absolute atomic E-state index is 0.0707. The number of benzene rings is 1. The van der Waals surface area contributed by atoms with E-state index in [1.807, 2.05) is 6.19 Å². The quantitative estimate of drug-likeness (QED) is 0.222. The van der Waals surface area contributed by atoms with Crippen LogP contribution in [-0.4, -0.2) is 23.1 Å². The third-order valence-electron chi connectivity index (χ3n) is 2.16. The van der Waals surface area contributed by atoms with Gasteiger partial charge in [0.15, 0.2) is 17.1 Å². The maximum atomic E-state index is 11.9. The first-order valence-corrected chi connectivity index (χ1v) is 7.84. The number of nitrogens with zero attached hydrogens (tertiary/aromatic N) is 2. The minimum atomic E-state index is -0.0707. The molecule has 1 aromatic rings. The molecule has 0 fully saturated rings. The van der Waals surface area contributed by atoms with Crippen LogP contribution in [0.15, 0.2) is 27.7 Å². The lowest BCUT2D eigenvalue weighted by Crippen LogP contribution is -2.13. The molecule has 1 aromatic carbocycles. The van der Waals surface area contributed by atoms with Gasteiger partial charge in [-0.1, -0.05) is 27.7 Å². The van der Waals surface area contributed by atoms with Gasteiger partial charge in [-0.3, -0.25) is 10.1 Å². The minimum Gasteiger partial charge on any atom is -0.294 e. The number of ketones is 1. The number of nitriles is 1. The van der Waals surface area contributed by atoms with E-state index >= 15 is 0 Å². The highest BCUT2D eigenvalue weighted by Crippen LogP contribution is 2.26. The Labute approximate surface area is 129 Å². The highest BCUT2D eigenvalue weighted by atomic mass is 79.9. The number of rotatable bonds is 4. The Morgan fingerprint density at radius 1 is 1.63 bits per heavy atom. The molecule has 1 N–H and O–H groups in total. The molecule has 1 rings (SSSR count). The van der Waals surface area contributed by atoms with Crippen molar-refractivity contribution in [2.24, 2.45) is 4.99 Å². The highest BCUT2D eigenvalue weighted by molar-refractivity contribution is 9.10. The SMILES string of the molecule is CSC(=Nc1cc(Br)ccc1C(=O)CCCl)NC#N. The Morgan fingerprint density at radius 3 is 2.95 bits per heavy atom. The number of nitrogens with one attached hydrogen (secondary N) is 1. The lowest BCUT2D eigenvalue weighted by molar-refractivity contribution is 0.0990. The van der Waals surface area contributed by atoms with Gasteiger partial charge in [0.25, 0.3) is 0 Å². The molecule has 100 valence electrons. The van der Waals surface area contributed by atoms with Gasteiger partial charge in [-0.05, 0) is 24.5 Å². The van der Waals surface area contributed by atoms with E-state index in [1.165, 1.54) is 11.8 Å². The number of halogens is 2. The van der Waals surface area contributed by atoms with E-state index < -0.39 is 0 Å². The summed E-state index contributed by atoms with van der Waals surface area (Å²) in [7, 11) is 0. The lowest BCUT2D eigenvalue weighted by atomic mass is 10.1. The topological polar surface area (TPSA) is 65.2 Å². The summed E-state index contributed by atoms with van der Waals surface area (Å²) < 4.78 is 0.811. The fourth-order valence-corrected chi connectivity index (χ4v) is 2.19. The molecule has 0 bridgehead atoms. The number of hydrogen-bond donors (Lipinski definition) is 1. The molecule has 0 spiro atoms. The normalized spacial score (nSPS) is 10.9. The first kappa shape index (κ1) is 16.0. The van der Waals surface area contributed by atoms with Crippen LogP contribution in [0.3, 0.4) is 0 Å². The standard InChI is InChI=1S/C12H11BrClN3OS/c1-19-12(16-7-15)17-10-6-8(13)2-3-9(10)11(18)4-5-14/h2-3,6H,4-5H2,1H3,(H,16,17). The zero-order valence-electron chi connectivity index (χ0n) is 10.1. The van der Waals surface area contributed by atoms with E-state index in [-0.39, 0.29) is 18.1 Å². The summed E-state index contributed by atoms with van der Waals surface area (Å²) in [6, 6.07) is 5.20. The number of carbonyl (C=O) groups excluding carboxylic acids is 1. The van der Waals surface area contributed by atoms with Gasteiger partial charge in [0.2, 0.25) is 0 Å². The molecule has 0 aliphatic carbocycles. The molecule has 4 nitrogen and oxygen atoms in total. The molecule has 0 atom stereocenters. The van der Waals surface area contributed by atoms with Crippen LogP contribution in [0.2, 0.25) is 0 Å². The van der Waals surface area contributed by atoms with Crippen molar-refractivity contribution in [3.8, 4) is 6.19 Å². The van der Waals surface area contributed by atoms with Gasteiger partial charge in [0.05, 0.1) is 5.69 Å². The molecule has 0 radical (unpaired) electrons. The monoisotopic (exact) mass is 359 g/mol. The molecule has 0 aliphatic rings. The molecule has 0 unspecified atom stereocenters. The number of aliphatic imine (C=N–C) groups is 1. The van der Waals surface area contributed by atoms with E-state index in [0.717, 1.165) is 4.47 Å². The molecular weight excluding hydrogens is 350 g/mol. The Bertz CT molecular complexity index is 542. The van der Waals surface area contributed by atoms with Crippen LogP contribution >= 0.6 is 39.3 Å². The number of amidine groups is 1. The van der Waals surface area contributed by atoms with Crippen LogP contribution < -0.4 is 5.32 Å². The van der Waals surface area contributed by atoms with Crippen molar-refractivity contribution in [2.45, 2.75) is 6.42 Å². The molecule has 0 saturated heterocycles. The second kappa shape index (κ2) is 8.20. The maximum absolute atomic E-state index is 11.9. The molecule has 0 amide bonds. The van der Waals surface area contributed by atoms with Gasteiger partial charge in [-0.15, -0.1) is 11.6 Å². The molecule has 7 heteroatoms. The van der Waals surface area contributed by atoms with E-state index in [9.17, 15) is 4.79 Å². The number of carbonyl (C=O) groups is 1. The third kappa shape index (κ3) is 4.86. The van der Waals surface area contributed by atoms with Crippen molar-refractivity contribution >= 4 is 55.9 Å². The average Bonchev–Trinajstić information content (AvgIpc) is 2.38. The predicted octanol–water partition coefficient (Wildman–Crippen LogP) is 3.68. The van der Waals surface area contributed by atoms with E-state index in [4.69, 9.17) is 16.9 Å². The molecule has 0 saturated carbocycles. The van der Waals surface area contributed by atoms with E-state index in [0.29, 0.717) is 16.4 Å². The molecular formula is C12H11BrClN3OS. The maximum Gasteiger partial charge on any atom is 0.183 e. The van der Waals surface area contributed by atoms with Crippen LogP contribution in [-0.2, 0) is 0 Å². The van der Waals surface area contributed by atoms with Gasteiger partial charge in [0, 0.05) is 22.3 Å². The predicted molar refractivity (Wildman–Crippen MR) is 83.2 cm³/mol. The van der Waals surface area contributed by atoms with E-state index in [2.05, 4.69) is 26.2 Å². The lowest BCUT2D eigenvalue weighted by Gasteiger charge is -2.06. The van der Waals surface area contributed by atoms with Gasteiger partial charge < -0.3 is 0 Å². The van der Waals surface area contributed by atoms with Crippen LogP contribution in [0.1, 0.15) is 16.8 Å². The summed E-state index contributed by atoms with van der Waals surface area (Å²) in [6.07, 6.45) is 3.86. The summed E-state index contributed by atoms with van der Waals surface area (Å²) in [6.45, 7) is 0. The van der Waals surface area contributed by atoms with Crippen molar-refractivity contribution in [1.29, 1.82) is 5.26 Å². The zero-order chi connectivity index (χ0) is 14.3. The number of alkyl halides is 1. The Morgan fingerprint density at radius 2 is 2.37 bits per heavy atom. The number of thioether (sulfide) groups is 1. The zero-order valence-corrected chi connectivity index (χ0v) is 13.3. The molecule has 0 heterocycles. The number of Topliss-reactive ketones (excluding diaryl/α,β-unsaturated/α-hetero) is 1. The van der Waals surface area contributed by atoms with Gasteiger partial charge in [0.1, 0.15) is 0 Å². The van der Waals surface area contributed by atoms with Crippen LogP contribution in [0.5, 0.6) is 0 Å². The largest absolute Gasteiger partial charge is 0.294 e. The fourth-order valence-electron chi connectivity index (χ4n) is 1.34. The van der Waals surface area contributed by atoms with E-state index in [1.54, 1.807) is 24.5 Å². The van der Waals surface area contributed by atoms with Crippen molar-refractivity contribution in [3.63, 3.8) is 0 Å². The molecule has 19 heavy (non-hydrogen) atoms. The summed E-state index contributed by atoms with van der Waals surface area (Å²) >= 11 is 10.2. The van der Waals surface area contributed by atoms with Crippen molar-refractivity contribution in [1.82, 2.24) is 5.32 Å². The Hall–Kier alpha value is -1.03. The number of hydrogen-bond acceptors (Lipinski definition) is 4. The van der Waals surface area contributed by atoms with Crippen molar-refractivity contribution in [3.05, 3.63) is 28.2 Å². The second-order valence-corrected chi connectivity index (χ2v) is 5.47. The summed E-state index contributed by atoms with van der Waals surface area (Å²) in [5.74, 6) is 0.197. The second-order valence-electron chi connectivity index (χ2n) is 3.38. The van der Waals surface area contributed by atoms with Gasteiger partial charge in [-0.25, -0.2) is 4.99 Å². The van der Waals surface area contributed by atoms with Crippen molar-refractivity contribution in [2.75, 3.05) is 12.1 Å². The molecule has 0 aliphatic heterocycles. The van der Waals surface area contributed by atoms with Crippen molar-refractivity contribution < 1.29 is 4.79 Å². The first-order valence-electron chi connectivity index (χ1n) is 5.29. The van der Waals surface area contributed by atoms with Crippen LogP contribution in [0.25, 0.3) is 0 Å². The third-order valence-corrected chi connectivity index (χ3v) is 3.42. The summed E-state index contributed by atoms with van der Waals surface area (Å²) in [4.78, 5) is 16.2.